The smallest absolute Gasteiger partial charge is 0.276 e. The summed E-state index contributed by atoms with van der Waals surface area (Å²) in [5.41, 5.74) is 2.05. The van der Waals surface area contributed by atoms with Crippen LogP contribution in [0.1, 0.15) is 46.2 Å². The van der Waals surface area contributed by atoms with Crippen LogP contribution >= 0.6 is 0 Å². The highest BCUT2D eigenvalue weighted by atomic mass is 16.5. The number of hydrogen-bond acceptors (Lipinski definition) is 4. The van der Waals surface area contributed by atoms with Gasteiger partial charge in [0.2, 0.25) is 0 Å². The zero-order valence-corrected chi connectivity index (χ0v) is 14.6. The van der Waals surface area contributed by atoms with Crippen molar-refractivity contribution < 1.29 is 14.1 Å². The Morgan fingerprint density at radius 3 is 2.72 bits per heavy atom. The van der Waals surface area contributed by atoms with Crippen molar-refractivity contribution in [1.29, 1.82) is 0 Å². The SMILES string of the molecule is Cc1ccc(C(=O)NCC2C(C)CCCN2C(=O)c2ccon2)cc1. The molecule has 3 rings (SSSR count). The van der Waals surface area contributed by atoms with Crippen molar-refractivity contribution in [3.8, 4) is 0 Å². The molecule has 0 spiro atoms. The maximum absolute atomic E-state index is 12.7. The third-order valence-electron chi connectivity index (χ3n) is 4.82. The molecule has 6 nitrogen and oxygen atoms in total. The lowest BCUT2D eigenvalue weighted by atomic mass is 9.90. The van der Waals surface area contributed by atoms with Gasteiger partial charge in [-0.15, -0.1) is 0 Å². The van der Waals surface area contributed by atoms with E-state index < -0.39 is 0 Å². The standard InChI is InChI=1S/C19H23N3O3/c1-13-5-7-15(8-6-13)18(23)20-12-17-14(2)4-3-10-22(17)19(24)16-9-11-25-21-16/h5-9,11,14,17H,3-4,10,12H2,1-2H3,(H,20,23). The van der Waals surface area contributed by atoms with Gasteiger partial charge in [-0.1, -0.05) is 29.8 Å². The normalized spacial score (nSPS) is 20.3. The van der Waals surface area contributed by atoms with E-state index in [1.165, 1.54) is 6.26 Å². The first-order valence-electron chi connectivity index (χ1n) is 8.62. The molecule has 132 valence electrons. The molecule has 1 aliphatic heterocycles. The Hall–Kier alpha value is -2.63. The summed E-state index contributed by atoms with van der Waals surface area (Å²) >= 11 is 0. The number of aromatic nitrogens is 1. The molecule has 1 saturated heterocycles. The second kappa shape index (κ2) is 7.51. The average Bonchev–Trinajstić information content (AvgIpc) is 3.15. The van der Waals surface area contributed by atoms with Crippen molar-refractivity contribution in [1.82, 2.24) is 15.4 Å². The minimum Gasteiger partial charge on any atom is -0.364 e. The zero-order chi connectivity index (χ0) is 17.8. The highest BCUT2D eigenvalue weighted by Crippen LogP contribution is 2.24. The van der Waals surface area contributed by atoms with Crippen LogP contribution in [0.3, 0.4) is 0 Å². The minimum atomic E-state index is -0.144. The summed E-state index contributed by atoms with van der Waals surface area (Å²) < 4.78 is 4.79. The quantitative estimate of drug-likeness (QED) is 0.928. The van der Waals surface area contributed by atoms with Crippen LogP contribution in [0.25, 0.3) is 0 Å². The van der Waals surface area contributed by atoms with Gasteiger partial charge in [0, 0.05) is 24.7 Å². The van der Waals surface area contributed by atoms with Gasteiger partial charge in [-0.3, -0.25) is 9.59 Å². The molecule has 0 saturated carbocycles. The molecule has 0 radical (unpaired) electrons. The van der Waals surface area contributed by atoms with Gasteiger partial charge >= 0.3 is 0 Å². The van der Waals surface area contributed by atoms with E-state index in [4.69, 9.17) is 4.52 Å². The van der Waals surface area contributed by atoms with E-state index in [0.29, 0.717) is 30.3 Å². The fourth-order valence-electron chi connectivity index (χ4n) is 3.29. The van der Waals surface area contributed by atoms with Gasteiger partial charge in [0.25, 0.3) is 11.8 Å². The van der Waals surface area contributed by atoms with Crippen LogP contribution < -0.4 is 5.32 Å². The molecule has 0 aliphatic carbocycles. The van der Waals surface area contributed by atoms with Crippen LogP contribution in [0.5, 0.6) is 0 Å². The number of amides is 2. The predicted molar refractivity (Wildman–Crippen MR) is 93.2 cm³/mol. The summed E-state index contributed by atoms with van der Waals surface area (Å²) in [4.78, 5) is 26.8. The third-order valence-corrected chi connectivity index (χ3v) is 4.82. The van der Waals surface area contributed by atoms with E-state index in [0.717, 1.165) is 18.4 Å². The average molecular weight is 341 g/mol. The Morgan fingerprint density at radius 1 is 1.28 bits per heavy atom. The van der Waals surface area contributed by atoms with Gasteiger partial charge in [-0.2, -0.15) is 0 Å². The lowest BCUT2D eigenvalue weighted by Gasteiger charge is -2.39. The molecule has 1 aromatic heterocycles. The Morgan fingerprint density at radius 2 is 2.04 bits per heavy atom. The molecule has 1 aromatic carbocycles. The van der Waals surface area contributed by atoms with Crippen LogP contribution in [0, 0.1) is 12.8 Å². The number of aryl methyl sites for hydroxylation is 1. The van der Waals surface area contributed by atoms with E-state index in [1.54, 1.807) is 11.0 Å². The number of hydrogen-bond donors (Lipinski definition) is 1. The van der Waals surface area contributed by atoms with E-state index in [1.807, 2.05) is 31.2 Å². The van der Waals surface area contributed by atoms with Crippen molar-refractivity contribution in [3.05, 3.63) is 53.4 Å². The fraction of sp³-hybridized carbons (Fsp3) is 0.421. The molecule has 1 fully saturated rings. The lowest BCUT2D eigenvalue weighted by molar-refractivity contribution is 0.0497. The largest absolute Gasteiger partial charge is 0.364 e. The molecule has 2 atom stereocenters. The van der Waals surface area contributed by atoms with Crippen LogP contribution in [-0.2, 0) is 0 Å². The first-order valence-corrected chi connectivity index (χ1v) is 8.62. The first kappa shape index (κ1) is 17.2. The van der Waals surface area contributed by atoms with Gasteiger partial charge in [0.1, 0.15) is 6.26 Å². The van der Waals surface area contributed by atoms with Gasteiger partial charge in [-0.25, -0.2) is 0 Å². The van der Waals surface area contributed by atoms with Crippen molar-refractivity contribution in [2.45, 2.75) is 32.7 Å². The van der Waals surface area contributed by atoms with Crippen LogP contribution in [0.4, 0.5) is 0 Å². The second-order valence-electron chi connectivity index (χ2n) is 6.65. The summed E-state index contributed by atoms with van der Waals surface area (Å²) in [7, 11) is 0. The highest BCUT2D eigenvalue weighted by molar-refractivity contribution is 5.94. The van der Waals surface area contributed by atoms with Gasteiger partial charge < -0.3 is 14.7 Å². The van der Waals surface area contributed by atoms with Crippen molar-refractivity contribution in [2.75, 3.05) is 13.1 Å². The molecule has 1 N–H and O–H groups in total. The highest BCUT2D eigenvalue weighted by Gasteiger charge is 2.33. The summed E-state index contributed by atoms with van der Waals surface area (Å²) in [5, 5.41) is 6.72. The number of rotatable bonds is 4. The monoisotopic (exact) mass is 341 g/mol. The van der Waals surface area contributed by atoms with E-state index in [-0.39, 0.29) is 17.9 Å². The molecule has 2 amide bonds. The maximum atomic E-state index is 12.7. The maximum Gasteiger partial charge on any atom is 0.276 e. The van der Waals surface area contributed by atoms with Gasteiger partial charge in [0.15, 0.2) is 5.69 Å². The van der Waals surface area contributed by atoms with Crippen molar-refractivity contribution >= 4 is 11.8 Å². The Labute approximate surface area is 147 Å². The fourth-order valence-corrected chi connectivity index (χ4v) is 3.29. The molecule has 25 heavy (non-hydrogen) atoms. The first-order chi connectivity index (χ1) is 12.1. The topological polar surface area (TPSA) is 75.4 Å². The number of piperidine rings is 1. The Balaban J connectivity index is 1.68. The number of likely N-dealkylation sites (tertiary alicyclic amines) is 1. The number of nitrogens with one attached hydrogen (secondary N) is 1. The van der Waals surface area contributed by atoms with Gasteiger partial charge in [0.05, 0.1) is 6.04 Å². The summed E-state index contributed by atoms with van der Waals surface area (Å²) in [6.45, 7) is 5.20. The number of carbonyl (C=O) groups excluding carboxylic acids is 2. The van der Waals surface area contributed by atoms with Crippen molar-refractivity contribution in [3.63, 3.8) is 0 Å². The predicted octanol–water partition coefficient (Wildman–Crippen LogP) is 2.65. The zero-order valence-electron chi connectivity index (χ0n) is 14.6. The van der Waals surface area contributed by atoms with E-state index in [9.17, 15) is 9.59 Å². The third kappa shape index (κ3) is 3.90. The van der Waals surface area contributed by atoms with Crippen LogP contribution in [0.2, 0.25) is 0 Å². The summed E-state index contributed by atoms with van der Waals surface area (Å²) in [6.07, 6.45) is 3.38. The molecule has 2 heterocycles. The molecule has 6 heteroatoms. The Bertz CT molecular complexity index is 725. The molecule has 0 bridgehead atoms. The second-order valence-corrected chi connectivity index (χ2v) is 6.65. The van der Waals surface area contributed by atoms with E-state index >= 15 is 0 Å². The Kier molecular flexibility index (Phi) is 5.16. The van der Waals surface area contributed by atoms with Crippen LogP contribution in [0.15, 0.2) is 41.1 Å². The number of carbonyl (C=O) groups is 2. The molecular weight excluding hydrogens is 318 g/mol. The van der Waals surface area contributed by atoms with Gasteiger partial charge in [-0.05, 0) is 37.8 Å². The van der Waals surface area contributed by atoms with E-state index in [2.05, 4.69) is 17.4 Å². The number of nitrogens with zero attached hydrogens (tertiary/aromatic N) is 2. The molecule has 1 aliphatic rings. The van der Waals surface area contributed by atoms with Crippen LogP contribution in [-0.4, -0.2) is 41.0 Å². The molecule has 2 unspecified atom stereocenters. The molecule has 2 aromatic rings. The number of benzene rings is 1. The minimum absolute atomic E-state index is 0.0488. The summed E-state index contributed by atoms with van der Waals surface area (Å²) in [6, 6.07) is 8.98. The summed E-state index contributed by atoms with van der Waals surface area (Å²) in [5.74, 6) is 0.0458. The molecular formula is C19H23N3O3. The van der Waals surface area contributed by atoms with Crippen molar-refractivity contribution in [2.24, 2.45) is 5.92 Å². The lowest BCUT2D eigenvalue weighted by Crippen LogP contribution is -2.53.